The first-order chi connectivity index (χ1) is 19.2. The fraction of sp³-hybridized carbons (Fsp3) is 0.333. The van der Waals surface area contributed by atoms with Crippen LogP contribution in [-0.4, -0.2) is 32.7 Å². The van der Waals surface area contributed by atoms with Crippen molar-refractivity contribution in [2.24, 2.45) is 0 Å². The molecule has 40 heavy (non-hydrogen) atoms. The van der Waals surface area contributed by atoms with E-state index in [4.69, 9.17) is 9.16 Å². The normalized spacial score (nSPS) is 16.1. The van der Waals surface area contributed by atoms with Crippen LogP contribution in [0.15, 0.2) is 114 Å². The first kappa shape index (κ1) is 29.8. The largest absolute Gasteiger partial charge is 0.508 e. The van der Waals surface area contributed by atoms with Gasteiger partial charge in [0.15, 0.2) is 0 Å². The standard InChI is InChI=1S/C36H44O3Si/c1-6-13-29(26-30-18-21-31(37)22-19-30)20-23-35-34(24-25-38-35)28(2)27-39-40(36(3,4)5,32-14-9-7-10-15-32)33-16-11-8-12-17-33/h7-12,14-19,21-22,24,26,35,37H,2,6,13,20,23,25,27H2,1,3-5H3/b29-26+. The van der Waals surface area contributed by atoms with E-state index >= 15 is 0 Å². The number of ether oxygens (including phenoxy) is 1. The van der Waals surface area contributed by atoms with Crippen molar-refractivity contribution in [3.8, 4) is 5.75 Å². The Balaban J connectivity index is 1.51. The zero-order chi connectivity index (χ0) is 28.6. The fourth-order valence-electron chi connectivity index (χ4n) is 5.84. The van der Waals surface area contributed by atoms with Crippen molar-refractivity contribution < 1.29 is 14.3 Å². The van der Waals surface area contributed by atoms with Crippen LogP contribution < -0.4 is 10.4 Å². The van der Waals surface area contributed by atoms with Gasteiger partial charge in [-0.3, -0.25) is 0 Å². The van der Waals surface area contributed by atoms with Crippen molar-refractivity contribution in [1.29, 1.82) is 0 Å². The molecular formula is C36H44O3Si. The van der Waals surface area contributed by atoms with Crippen LogP contribution >= 0.6 is 0 Å². The highest BCUT2D eigenvalue weighted by atomic mass is 28.4. The summed E-state index contributed by atoms with van der Waals surface area (Å²) in [5.74, 6) is 0.294. The Labute approximate surface area is 242 Å². The van der Waals surface area contributed by atoms with Crippen molar-refractivity contribution in [3.63, 3.8) is 0 Å². The molecule has 1 aliphatic rings. The first-order valence-electron chi connectivity index (χ1n) is 14.5. The van der Waals surface area contributed by atoms with Gasteiger partial charge in [0, 0.05) is 0 Å². The van der Waals surface area contributed by atoms with E-state index in [1.165, 1.54) is 21.5 Å². The van der Waals surface area contributed by atoms with Gasteiger partial charge in [-0.25, -0.2) is 0 Å². The molecule has 0 bridgehead atoms. The molecule has 1 heterocycles. The summed E-state index contributed by atoms with van der Waals surface area (Å²) in [7, 11) is -2.64. The second-order valence-electron chi connectivity index (χ2n) is 11.7. The van der Waals surface area contributed by atoms with Crippen LogP contribution in [0.2, 0.25) is 5.04 Å². The lowest BCUT2D eigenvalue weighted by molar-refractivity contribution is 0.115. The average molecular weight is 553 g/mol. The van der Waals surface area contributed by atoms with Gasteiger partial charge < -0.3 is 14.3 Å². The molecule has 0 aliphatic carbocycles. The number of hydrogen-bond acceptors (Lipinski definition) is 3. The summed E-state index contributed by atoms with van der Waals surface area (Å²) in [5.41, 5.74) is 4.71. The second kappa shape index (κ2) is 13.4. The molecule has 0 saturated carbocycles. The Bertz CT molecular complexity index is 1260. The molecule has 3 aromatic carbocycles. The predicted molar refractivity (Wildman–Crippen MR) is 171 cm³/mol. The number of phenolic OH excluding ortho intramolecular Hbond substituents is 1. The van der Waals surface area contributed by atoms with E-state index in [0.717, 1.165) is 36.8 Å². The quantitative estimate of drug-likeness (QED) is 0.233. The molecule has 0 spiro atoms. The SMILES string of the molecule is C=C(CO[Si](c1ccccc1)(c1ccccc1)C(C)(C)C)C1=CCOC1CC/C(=C/c1ccc(O)cc1)CCC. The zero-order valence-corrected chi connectivity index (χ0v) is 25.5. The number of rotatable bonds is 12. The van der Waals surface area contributed by atoms with E-state index in [1.807, 2.05) is 12.1 Å². The van der Waals surface area contributed by atoms with E-state index in [9.17, 15) is 5.11 Å². The molecule has 0 aromatic heterocycles. The van der Waals surface area contributed by atoms with Crippen molar-refractivity contribution in [3.05, 3.63) is 120 Å². The summed E-state index contributed by atoms with van der Waals surface area (Å²) in [4.78, 5) is 0. The molecule has 0 radical (unpaired) electrons. The van der Waals surface area contributed by atoms with E-state index in [2.05, 4.69) is 107 Å². The van der Waals surface area contributed by atoms with Gasteiger partial charge >= 0.3 is 0 Å². The van der Waals surface area contributed by atoms with Gasteiger partial charge in [-0.05, 0) is 63.5 Å². The van der Waals surface area contributed by atoms with Crippen LogP contribution in [0.5, 0.6) is 5.75 Å². The van der Waals surface area contributed by atoms with Crippen molar-refractivity contribution in [2.75, 3.05) is 13.2 Å². The fourth-order valence-corrected chi connectivity index (χ4v) is 10.4. The molecule has 0 fully saturated rings. The predicted octanol–water partition coefficient (Wildman–Crippen LogP) is 7.81. The summed E-state index contributed by atoms with van der Waals surface area (Å²) in [6.45, 7) is 14.7. The van der Waals surface area contributed by atoms with Crippen molar-refractivity contribution in [1.82, 2.24) is 0 Å². The topological polar surface area (TPSA) is 38.7 Å². The highest BCUT2D eigenvalue weighted by Crippen LogP contribution is 2.38. The molecule has 4 heteroatoms. The lowest BCUT2D eigenvalue weighted by Gasteiger charge is -2.43. The minimum absolute atomic E-state index is 0.0235. The highest BCUT2D eigenvalue weighted by molar-refractivity contribution is 6.99. The Morgan fingerprint density at radius 1 is 0.950 bits per heavy atom. The maximum absolute atomic E-state index is 9.63. The Morgan fingerprint density at radius 2 is 1.55 bits per heavy atom. The van der Waals surface area contributed by atoms with E-state index in [1.54, 1.807) is 12.1 Å². The van der Waals surface area contributed by atoms with Crippen molar-refractivity contribution >= 4 is 24.8 Å². The smallest absolute Gasteiger partial charge is 0.261 e. The minimum Gasteiger partial charge on any atom is -0.508 e. The van der Waals surface area contributed by atoms with Crippen LogP contribution in [-0.2, 0) is 9.16 Å². The average Bonchev–Trinajstić information content (AvgIpc) is 3.43. The lowest BCUT2D eigenvalue weighted by Crippen LogP contribution is -2.66. The van der Waals surface area contributed by atoms with Crippen LogP contribution in [0.4, 0.5) is 0 Å². The van der Waals surface area contributed by atoms with Gasteiger partial charge in [0.25, 0.3) is 8.32 Å². The molecule has 0 saturated heterocycles. The van der Waals surface area contributed by atoms with E-state index in [0.29, 0.717) is 19.0 Å². The molecule has 1 N–H and O–H groups in total. The van der Waals surface area contributed by atoms with Gasteiger partial charge in [0.05, 0.1) is 19.3 Å². The minimum atomic E-state index is -2.64. The van der Waals surface area contributed by atoms with Gasteiger partial charge in [0.1, 0.15) is 5.75 Å². The van der Waals surface area contributed by atoms with E-state index < -0.39 is 8.32 Å². The molecule has 0 amide bonds. The summed E-state index contributed by atoms with van der Waals surface area (Å²) < 4.78 is 13.3. The lowest BCUT2D eigenvalue weighted by atomic mass is 9.95. The molecule has 3 nitrogen and oxygen atoms in total. The molecular weight excluding hydrogens is 508 g/mol. The Morgan fingerprint density at radius 3 is 2.10 bits per heavy atom. The summed E-state index contributed by atoms with van der Waals surface area (Å²) >= 11 is 0. The van der Waals surface area contributed by atoms with Crippen LogP contribution in [0.3, 0.4) is 0 Å². The third-order valence-corrected chi connectivity index (χ3v) is 12.8. The third-order valence-electron chi connectivity index (χ3n) is 7.80. The Kier molecular flexibility index (Phi) is 10.0. The molecule has 3 aromatic rings. The first-order valence-corrected chi connectivity index (χ1v) is 16.4. The van der Waals surface area contributed by atoms with Gasteiger partial charge in [0.2, 0.25) is 0 Å². The van der Waals surface area contributed by atoms with Gasteiger partial charge in [-0.1, -0.05) is 131 Å². The summed E-state index contributed by atoms with van der Waals surface area (Å²) in [6, 6.07) is 28.9. The van der Waals surface area contributed by atoms with Crippen molar-refractivity contribution in [2.45, 2.75) is 64.5 Å². The molecule has 210 valence electrons. The van der Waals surface area contributed by atoms with E-state index in [-0.39, 0.29) is 11.1 Å². The van der Waals surface area contributed by atoms with Crippen LogP contribution in [0.1, 0.15) is 58.9 Å². The second-order valence-corrected chi connectivity index (χ2v) is 16.0. The van der Waals surface area contributed by atoms with Crippen LogP contribution in [0, 0.1) is 0 Å². The van der Waals surface area contributed by atoms with Crippen LogP contribution in [0.25, 0.3) is 6.08 Å². The molecule has 4 rings (SSSR count). The molecule has 1 atom stereocenters. The zero-order valence-electron chi connectivity index (χ0n) is 24.5. The molecule has 1 unspecified atom stereocenters. The summed E-state index contributed by atoms with van der Waals surface area (Å²) in [6.07, 6.45) is 8.47. The third kappa shape index (κ3) is 6.93. The monoisotopic (exact) mass is 552 g/mol. The molecule has 1 aliphatic heterocycles. The van der Waals surface area contributed by atoms with Gasteiger partial charge in [-0.15, -0.1) is 0 Å². The summed E-state index contributed by atoms with van der Waals surface area (Å²) in [5, 5.41) is 12.1. The maximum atomic E-state index is 9.63. The number of hydrogen-bond donors (Lipinski definition) is 1. The Hall–Kier alpha value is -3.18. The number of aromatic hydroxyl groups is 1. The van der Waals surface area contributed by atoms with Gasteiger partial charge in [-0.2, -0.15) is 0 Å². The number of benzene rings is 3. The highest BCUT2D eigenvalue weighted by Gasteiger charge is 2.50. The number of allylic oxidation sites excluding steroid dienone is 1. The number of phenols is 1. The maximum Gasteiger partial charge on any atom is 0.261 e.